The average Bonchev–Trinajstić information content (AvgIpc) is 3.19. The molecule has 0 saturated heterocycles. The van der Waals surface area contributed by atoms with E-state index in [2.05, 4.69) is 20.4 Å². The van der Waals surface area contributed by atoms with Crippen LogP contribution < -0.4 is 5.32 Å². The number of nitrogens with zero attached hydrogens (tertiary/aromatic N) is 3. The largest absolute Gasteiger partial charge is 0.361 e. The summed E-state index contributed by atoms with van der Waals surface area (Å²) < 4.78 is 15.5. The molecule has 1 unspecified atom stereocenters. The molecule has 4 aromatic rings. The molecule has 25 heavy (non-hydrogen) atoms. The predicted octanol–water partition coefficient (Wildman–Crippen LogP) is 3.95. The number of benzene rings is 1. The number of H-pyrrole nitrogens is 1. The molecule has 1 atom stereocenters. The van der Waals surface area contributed by atoms with Crippen LogP contribution in [-0.4, -0.2) is 19.7 Å². The van der Waals surface area contributed by atoms with Gasteiger partial charge < -0.3 is 10.3 Å². The lowest BCUT2D eigenvalue weighted by atomic mass is 10.0. The van der Waals surface area contributed by atoms with Gasteiger partial charge in [0, 0.05) is 47.2 Å². The lowest BCUT2D eigenvalue weighted by Crippen LogP contribution is -2.12. The molecule has 3 heterocycles. The SMILES string of the molecule is Cc1cccc(NC(c2cnn(C)c2)c2c[nH]c3ccc(F)cc23)n1. The van der Waals surface area contributed by atoms with Crippen LogP contribution in [0.2, 0.25) is 0 Å². The van der Waals surface area contributed by atoms with Crippen molar-refractivity contribution in [2.75, 3.05) is 5.32 Å². The van der Waals surface area contributed by atoms with Crippen molar-refractivity contribution in [3.8, 4) is 0 Å². The molecule has 0 amide bonds. The van der Waals surface area contributed by atoms with Crippen molar-refractivity contribution in [3.63, 3.8) is 0 Å². The zero-order valence-electron chi connectivity index (χ0n) is 14.0. The molecular formula is C19H18FN5. The minimum Gasteiger partial charge on any atom is -0.361 e. The maximum Gasteiger partial charge on any atom is 0.126 e. The Kier molecular flexibility index (Phi) is 3.72. The summed E-state index contributed by atoms with van der Waals surface area (Å²) in [6, 6.07) is 10.4. The summed E-state index contributed by atoms with van der Waals surface area (Å²) in [7, 11) is 1.88. The number of aromatic nitrogens is 4. The number of pyridine rings is 1. The van der Waals surface area contributed by atoms with E-state index in [1.54, 1.807) is 16.8 Å². The molecule has 0 aliphatic carbocycles. The Morgan fingerprint density at radius 2 is 2.12 bits per heavy atom. The van der Waals surface area contributed by atoms with Crippen molar-refractivity contribution in [2.24, 2.45) is 7.05 Å². The molecule has 6 heteroatoms. The van der Waals surface area contributed by atoms with E-state index >= 15 is 0 Å². The zero-order chi connectivity index (χ0) is 17.4. The van der Waals surface area contributed by atoms with Crippen LogP contribution in [0.25, 0.3) is 10.9 Å². The van der Waals surface area contributed by atoms with Gasteiger partial charge in [0.25, 0.3) is 0 Å². The first-order valence-corrected chi connectivity index (χ1v) is 8.05. The quantitative estimate of drug-likeness (QED) is 0.594. The molecule has 1 aromatic carbocycles. The highest BCUT2D eigenvalue weighted by Crippen LogP contribution is 2.31. The van der Waals surface area contributed by atoms with Gasteiger partial charge in [-0.15, -0.1) is 0 Å². The Bertz CT molecular complexity index is 1030. The number of halogens is 1. The van der Waals surface area contributed by atoms with Crippen LogP contribution in [0.5, 0.6) is 0 Å². The van der Waals surface area contributed by atoms with Crippen molar-refractivity contribution < 1.29 is 4.39 Å². The van der Waals surface area contributed by atoms with Crippen LogP contribution in [0.4, 0.5) is 10.2 Å². The molecule has 126 valence electrons. The van der Waals surface area contributed by atoms with Crippen LogP contribution in [0, 0.1) is 12.7 Å². The summed E-state index contributed by atoms with van der Waals surface area (Å²) in [6.07, 6.45) is 5.67. The fourth-order valence-corrected chi connectivity index (χ4v) is 3.05. The maximum absolute atomic E-state index is 13.8. The van der Waals surface area contributed by atoms with E-state index in [0.717, 1.165) is 33.5 Å². The zero-order valence-corrected chi connectivity index (χ0v) is 14.0. The minimum atomic E-state index is -0.257. The molecule has 0 aliphatic rings. The first-order chi connectivity index (χ1) is 12.1. The second-order valence-electron chi connectivity index (χ2n) is 6.12. The smallest absolute Gasteiger partial charge is 0.126 e. The van der Waals surface area contributed by atoms with Gasteiger partial charge in [0.2, 0.25) is 0 Å². The lowest BCUT2D eigenvalue weighted by molar-refractivity contribution is 0.629. The van der Waals surface area contributed by atoms with Gasteiger partial charge in [-0.2, -0.15) is 5.10 Å². The van der Waals surface area contributed by atoms with Crippen molar-refractivity contribution >= 4 is 16.7 Å². The predicted molar refractivity (Wildman–Crippen MR) is 95.9 cm³/mol. The number of anilines is 1. The number of rotatable bonds is 4. The Morgan fingerprint density at radius 3 is 2.88 bits per heavy atom. The van der Waals surface area contributed by atoms with E-state index in [1.807, 2.05) is 50.8 Å². The van der Waals surface area contributed by atoms with Gasteiger partial charge in [0.1, 0.15) is 11.6 Å². The van der Waals surface area contributed by atoms with Gasteiger partial charge in [-0.3, -0.25) is 4.68 Å². The molecule has 4 rings (SSSR count). The monoisotopic (exact) mass is 335 g/mol. The number of fused-ring (bicyclic) bond motifs is 1. The Balaban J connectivity index is 1.83. The average molecular weight is 335 g/mol. The Morgan fingerprint density at radius 1 is 1.24 bits per heavy atom. The molecule has 0 radical (unpaired) electrons. The third kappa shape index (κ3) is 2.98. The van der Waals surface area contributed by atoms with E-state index in [4.69, 9.17) is 0 Å². The summed E-state index contributed by atoms with van der Waals surface area (Å²) in [5.74, 6) is 0.506. The normalized spacial score (nSPS) is 12.4. The second-order valence-corrected chi connectivity index (χ2v) is 6.12. The lowest BCUT2D eigenvalue weighted by Gasteiger charge is -2.18. The fraction of sp³-hybridized carbons (Fsp3) is 0.158. The molecule has 0 spiro atoms. The van der Waals surface area contributed by atoms with Gasteiger partial charge in [-0.1, -0.05) is 6.07 Å². The van der Waals surface area contributed by atoms with Crippen LogP contribution >= 0.6 is 0 Å². The number of aryl methyl sites for hydroxylation is 2. The Labute approximate surface area is 144 Å². The van der Waals surface area contributed by atoms with Gasteiger partial charge in [-0.05, 0) is 37.3 Å². The summed E-state index contributed by atoms with van der Waals surface area (Å²) in [5, 5.41) is 8.57. The van der Waals surface area contributed by atoms with Gasteiger partial charge >= 0.3 is 0 Å². The highest BCUT2D eigenvalue weighted by Gasteiger charge is 2.20. The van der Waals surface area contributed by atoms with Gasteiger partial charge in [-0.25, -0.2) is 9.37 Å². The highest BCUT2D eigenvalue weighted by molar-refractivity contribution is 5.84. The number of hydrogen-bond acceptors (Lipinski definition) is 3. The van der Waals surface area contributed by atoms with E-state index in [-0.39, 0.29) is 11.9 Å². The van der Waals surface area contributed by atoms with Gasteiger partial charge in [0.05, 0.1) is 12.2 Å². The summed E-state index contributed by atoms with van der Waals surface area (Å²) >= 11 is 0. The molecule has 0 fully saturated rings. The molecule has 5 nitrogen and oxygen atoms in total. The van der Waals surface area contributed by atoms with Crippen LogP contribution in [0.3, 0.4) is 0 Å². The number of aromatic amines is 1. The van der Waals surface area contributed by atoms with Crippen LogP contribution in [0.1, 0.15) is 22.9 Å². The molecule has 0 aliphatic heterocycles. The number of hydrogen-bond donors (Lipinski definition) is 2. The molecule has 2 N–H and O–H groups in total. The minimum absolute atomic E-state index is 0.196. The summed E-state index contributed by atoms with van der Waals surface area (Å²) in [6.45, 7) is 1.95. The van der Waals surface area contributed by atoms with Crippen molar-refractivity contribution in [3.05, 3.63) is 77.6 Å². The van der Waals surface area contributed by atoms with E-state index in [0.29, 0.717) is 0 Å². The first kappa shape index (κ1) is 15.4. The Hall–Kier alpha value is -3.15. The summed E-state index contributed by atoms with van der Waals surface area (Å²) in [5.41, 5.74) is 3.76. The summed E-state index contributed by atoms with van der Waals surface area (Å²) in [4.78, 5) is 7.75. The maximum atomic E-state index is 13.8. The third-order valence-electron chi connectivity index (χ3n) is 4.23. The molecular weight excluding hydrogens is 317 g/mol. The number of nitrogens with one attached hydrogen (secondary N) is 2. The van der Waals surface area contributed by atoms with Crippen molar-refractivity contribution in [1.82, 2.24) is 19.7 Å². The van der Waals surface area contributed by atoms with Crippen molar-refractivity contribution in [1.29, 1.82) is 0 Å². The second kappa shape index (κ2) is 6.05. The van der Waals surface area contributed by atoms with E-state index < -0.39 is 0 Å². The fourth-order valence-electron chi connectivity index (χ4n) is 3.05. The van der Waals surface area contributed by atoms with Gasteiger partial charge in [0.15, 0.2) is 0 Å². The van der Waals surface area contributed by atoms with E-state index in [9.17, 15) is 4.39 Å². The van der Waals surface area contributed by atoms with Crippen molar-refractivity contribution in [2.45, 2.75) is 13.0 Å². The first-order valence-electron chi connectivity index (χ1n) is 8.05. The standard InChI is InChI=1S/C19H18FN5/c1-12-4-3-5-18(23-12)24-19(13-9-22-25(2)11-13)16-10-21-17-7-6-14(20)8-15(16)17/h3-11,19,21H,1-2H3,(H,23,24). The highest BCUT2D eigenvalue weighted by atomic mass is 19.1. The molecule has 0 saturated carbocycles. The van der Waals surface area contributed by atoms with Crippen LogP contribution in [-0.2, 0) is 7.05 Å². The van der Waals surface area contributed by atoms with Crippen LogP contribution in [0.15, 0.2) is 55.0 Å². The third-order valence-corrected chi connectivity index (χ3v) is 4.23. The topological polar surface area (TPSA) is 58.5 Å². The molecule has 0 bridgehead atoms. The van der Waals surface area contributed by atoms with E-state index in [1.165, 1.54) is 6.07 Å². The molecule has 3 aromatic heterocycles.